The first kappa shape index (κ1) is 24.0. The van der Waals surface area contributed by atoms with Gasteiger partial charge in [-0.3, -0.25) is 4.90 Å². The molecule has 3 N–H and O–H groups in total. The summed E-state index contributed by atoms with van der Waals surface area (Å²) < 4.78 is 6.56. The normalized spacial score (nSPS) is 35.7. The number of aliphatic hydroxyl groups is 2. The number of aliphatic hydroxyl groups excluding tert-OH is 2. The van der Waals surface area contributed by atoms with E-state index in [0.717, 1.165) is 63.8 Å². The topological polar surface area (TPSA) is 73.2 Å². The Morgan fingerprint density at radius 2 is 1.86 bits per heavy atom. The fourth-order valence-corrected chi connectivity index (χ4v) is 8.74. The van der Waals surface area contributed by atoms with E-state index in [-0.39, 0.29) is 17.8 Å². The standard InChI is InChI=1S/C32H41NO4/c34-20-31(14-6-2-5-9-21-7-3-1-4-8-21)18-24-25-17-23-12-13-26(35)28-27(23)32(24,30(37-28)29(31)36)15-16-33(25)19-22-10-11-22/h1,3-4,7-8,12-13,22,24-25,29-30,34-36H,2,5-6,9-11,14-20H2/t24?,25?,29-,30?,31+,32?/m0/s1. The van der Waals surface area contributed by atoms with Gasteiger partial charge in [0, 0.05) is 29.0 Å². The molecule has 6 atom stereocenters. The van der Waals surface area contributed by atoms with E-state index in [1.807, 2.05) is 0 Å². The highest BCUT2D eigenvalue weighted by Gasteiger charge is 2.70. The molecule has 1 spiro atoms. The highest BCUT2D eigenvalue weighted by molar-refractivity contribution is 5.61. The summed E-state index contributed by atoms with van der Waals surface area (Å²) in [5.74, 6) is 1.98. The first-order valence-electron chi connectivity index (χ1n) is 14.6. The molecule has 4 unspecified atom stereocenters. The molecule has 0 amide bonds. The van der Waals surface area contributed by atoms with Crippen molar-refractivity contribution in [2.24, 2.45) is 17.3 Å². The molecular weight excluding hydrogens is 462 g/mol. The molecule has 3 fully saturated rings. The molecule has 0 radical (unpaired) electrons. The van der Waals surface area contributed by atoms with Gasteiger partial charge in [-0.15, -0.1) is 0 Å². The summed E-state index contributed by atoms with van der Waals surface area (Å²) in [5.41, 5.74) is 3.04. The lowest BCUT2D eigenvalue weighted by Gasteiger charge is -2.63. The number of phenolic OH excluding ortho intramolecular Hbond substituents is 1. The average molecular weight is 504 g/mol. The van der Waals surface area contributed by atoms with Crippen LogP contribution in [-0.2, 0) is 18.3 Å². The number of nitrogens with zero attached hydrogens (tertiary/aromatic N) is 1. The van der Waals surface area contributed by atoms with Crippen LogP contribution in [0.4, 0.5) is 0 Å². The minimum atomic E-state index is -0.740. The molecule has 7 rings (SSSR count). The smallest absolute Gasteiger partial charge is 0.165 e. The Hall–Kier alpha value is -2.08. The Morgan fingerprint density at radius 3 is 2.65 bits per heavy atom. The van der Waals surface area contributed by atoms with Crippen LogP contribution in [0.25, 0.3) is 0 Å². The molecule has 37 heavy (non-hydrogen) atoms. The summed E-state index contributed by atoms with van der Waals surface area (Å²) in [4.78, 5) is 2.73. The zero-order valence-electron chi connectivity index (χ0n) is 21.8. The molecule has 2 saturated carbocycles. The molecule has 1 saturated heterocycles. The summed E-state index contributed by atoms with van der Waals surface area (Å²) in [6.07, 6.45) is 9.44. The second-order valence-corrected chi connectivity index (χ2v) is 12.8. The van der Waals surface area contributed by atoms with Crippen molar-refractivity contribution in [1.82, 2.24) is 4.90 Å². The van der Waals surface area contributed by atoms with Gasteiger partial charge in [0.25, 0.3) is 0 Å². The molecule has 2 bridgehead atoms. The number of benzene rings is 2. The van der Waals surface area contributed by atoms with Crippen molar-refractivity contribution in [2.75, 3.05) is 19.7 Å². The van der Waals surface area contributed by atoms with Gasteiger partial charge in [-0.1, -0.05) is 49.2 Å². The quantitative estimate of drug-likeness (QED) is 0.437. The Balaban J connectivity index is 1.16. The van der Waals surface area contributed by atoms with Crippen molar-refractivity contribution in [3.05, 3.63) is 59.2 Å². The van der Waals surface area contributed by atoms with Crippen molar-refractivity contribution in [1.29, 1.82) is 0 Å². The second-order valence-electron chi connectivity index (χ2n) is 12.8. The van der Waals surface area contributed by atoms with Crippen LogP contribution in [0.2, 0.25) is 0 Å². The van der Waals surface area contributed by atoms with Crippen LogP contribution < -0.4 is 4.74 Å². The number of aromatic hydroxyl groups is 1. The molecule has 3 aliphatic carbocycles. The van der Waals surface area contributed by atoms with E-state index in [9.17, 15) is 15.3 Å². The van der Waals surface area contributed by atoms with Crippen molar-refractivity contribution < 1.29 is 20.1 Å². The van der Waals surface area contributed by atoms with E-state index in [4.69, 9.17) is 4.74 Å². The third-order valence-electron chi connectivity index (χ3n) is 10.8. The van der Waals surface area contributed by atoms with E-state index in [2.05, 4.69) is 41.3 Å². The maximum Gasteiger partial charge on any atom is 0.165 e. The van der Waals surface area contributed by atoms with E-state index >= 15 is 0 Å². The van der Waals surface area contributed by atoms with Crippen LogP contribution in [0, 0.1) is 17.3 Å². The zero-order chi connectivity index (χ0) is 25.2. The lowest BCUT2D eigenvalue weighted by atomic mass is 9.46. The molecule has 2 heterocycles. The number of unbranched alkanes of at least 4 members (excludes halogenated alkanes) is 2. The van der Waals surface area contributed by atoms with Gasteiger partial charge in [-0.2, -0.15) is 0 Å². The minimum Gasteiger partial charge on any atom is -0.504 e. The van der Waals surface area contributed by atoms with Gasteiger partial charge in [0.1, 0.15) is 6.10 Å². The first-order chi connectivity index (χ1) is 18.1. The van der Waals surface area contributed by atoms with Gasteiger partial charge in [0.15, 0.2) is 11.5 Å². The third kappa shape index (κ3) is 3.68. The summed E-state index contributed by atoms with van der Waals surface area (Å²) in [6.45, 7) is 2.20. The largest absolute Gasteiger partial charge is 0.504 e. The number of aryl methyl sites for hydroxylation is 1. The number of ether oxygens (including phenoxy) is 1. The molecule has 5 aliphatic rings. The summed E-state index contributed by atoms with van der Waals surface area (Å²) >= 11 is 0. The summed E-state index contributed by atoms with van der Waals surface area (Å²) in [7, 11) is 0. The molecule has 0 aromatic heterocycles. The SMILES string of the molecule is OC[C@@]1(CCCCCc2ccccc2)CC2C3Cc4ccc(O)c5c4C2(CCN3CC2CC2)C(O5)[C@@H]1O. The number of hydrogen-bond donors (Lipinski definition) is 3. The summed E-state index contributed by atoms with van der Waals surface area (Å²) in [5, 5.41) is 33.6. The molecule has 2 aromatic carbocycles. The molecule has 2 aliphatic heterocycles. The number of phenols is 1. The highest BCUT2D eigenvalue weighted by Crippen LogP contribution is 2.67. The van der Waals surface area contributed by atoms with Gasteiger partial charge < -0.3 is 20.1 Å². The maximum absolute atomic E-state index is 12.0. The van der Waals surface area contributed by atoms with Crippen molar-refractivity contribution in [2.45, 2.75) is 87.9 Å². The number of likely N-dealkylation sites (tertiary alicyclic amines) is 1. The van der Waals surface area contributed by atoms with Crippen LogP contribution in [0.1, 0.15) is 68.1 Å². The molecule has 5 heteroatoms. The van der Waals surface area contributed by atoms with Gasteiger partial charge in [-0.05, 0) is 86.9 Å². The Morgan fingerprint density at radius 1 is 1.03 bits per heavy atom. The highest BCUT2D eigenvalue weighted by atomic mass is 16.5. The van der Waals surface area contributed by atoms with Crippen LogP contribution in [0.5, 0.6) is 11.5 Å². The Kier molecular flexibility index (Phi) is 5.83. The number of hydrogen-bond acceptors (Lipinski definition) is 5. The van der Waals surface area contributed by atoms with Crippen LogP contribution in [-0.4, -0.2) is 58.2 Å². The monoisotopic (exact) mass is 503 g/mol. The van der Waals surface area contributed by atoms with Crippen molar-refractivity contribution in [3.63, 3.8) is 0 Å². The predicted molar refractivity (Wildman–Crippen MR) is 143 cm³/mol. The average Bonchev–Trinajstić information content (AvgIpc) is 3.66. The van der Waals surface area contributed by atoms with Gasteiger partial charge in [0.2, 0.25) is 0 Å². The van der Waals surface area contributed by atoms with Crippen LogP contribution >= 0.6 is 0 Å². The number of piperidine rings is 1. The first-order valence-corrected chi connectivity index (χ1v) is 14.6. The van der Waals surface area contributed by atoms with Crippen LogP contribution in [0.3, 0.4) is 0 Å². The van der Waals surface area contributed by atoms with E-state index < -0.39 is 17.6 Å². The molecule has 2 aromatic rings. The fourth-order valence-electron chi connectivity index (χ4n) is 8.74. The maximum atomic E-state index is 12.0. The molecular formula is C32H41NO4. The van der Waals surface area contributed by atoms with Gasteiger partial charge in [-0.25, -0.2) is 0 Å². The van der Waals surface area contributed by atoms with Gasteiger partial charge >= 0.3 is 0 Å². The molecule has 198 valence electrons. The van der Waals surface area contributed by atoms with E-state index in [1.54, 1.807) is 6.07 Å². The van der Waals surface area contributed by atoms with Crippen molar-refractivity contribution in [3.8, 4) is 11.5 Å². The van der Waals surface area contributed by atoms with Gasteiger partial charge in [0.05, 0.1) is 12.7 Å². The Bertz CT molecular complexity index is 1150. The number of rotatable bonds is 9. The molecule has 5 nitrogen and oxygen atoms in total. The lowest BCUT2D eigenvalue weighted by Crippen LogP contribution is -2.71. The fraction of sp³-hybridized carbons (Fsp3) is 0.625. The predicted octanol–water partition coefficient (Wildman–Crippen LogP) is 4.59. The summed E-state index contributed by atoms with van der Waals surface area (Å²) in [6, 6.07) is 14.9. The van der Waals surface area contributed by atoms with E-state index in [0.29, 0.717) is 17.7 Å². The minimum absolute atomic E-state index is 0.0101. The third-order valence-corrected chi connectivity index (χ3v) is 10.8. The zero-order valence-corrected chi connectivity index (χ0v) is 21.8. The van der Waals surface area contributed by atoms with E-state index in [1.165, 1.54) is 36.1 Å². The van der Waals surface area contributed by atoms with Crippen LogP contribution in [0.15, 0.2) is 42.5 Å². The lowest BCUT2D eigenvalue weighted by molar-refractivity contribution is -0.181. The van der Waals surface area contributed by atoms with Crippen molar-refractivity contribution >= 4 is 0 Å². The Labute approximate surface area is 220 Å². The second kappa shape index (κ2) is 9.00.